The molecule has 11 heteroatoms. The van der Waals surface area contributed by atoms with Gasteiger partial charge in [-0.25, -0.2) is 4.79 Å². The van der Waals surface area contributed by atoms with E-state index in [-0.39, 0.29) is 5.91 Å². The van der Waals surface area contributed by atoms with Gasteiger partial charge in [0, 0.05) is 45.0 Å². The first-order chi connectivity index (χ1) is 18.5. The molecule has 0 spiro atoms. The van der Waals surface area contributed by atoms with Crippen LogP contribution in [0.1, 0.15) is 21.7 Å². The number of anilines is 1. The largest absolute Gasteiger partial charge is 0.496 e. The van der Waals surface area contributed by atoms with Crippen molar-refractivity contribution in [3.8, 4) is 16.9 Å². The Morgan fingerprint density at radius 2 is 1.79 bits per heavy atom. The number of nitrogens with zero attached hydrogens (tertiary/aromatic N) is 2. The third-order valence-corrected chi connectivity index (χ3v) is 7.22. The normalized spacial score (nSPS) is 15.3. The van der Waals surface area contributed by atoms with Crippen LogP contribution in [0.3, 0.4) is 0 Å². The number of ether oxygens (including phenoxy) is 1. The van der Waals surface area contributed by atoms with Crippen molar-refractivity contribution in [2.24, 2.45) is 5.92 Å². The molecule has 39 heavy (non-hydrogen) atoms. The molecule has 1 fully saturated rings. The van der Waals surface area contributed by atoms with Gasteiger partial charge in [-0.3, -0.25) is 9.69 Å². The highest BCUT2D eigenvalue weighted by atomic mass is 32.1. The van der Waals surface area contributed by atoms with Crippen molar-refractivity contribution in [1.29, 1.82) is 0 Å². The van der Waals surface area contributed by atoms with Crippen LogP contribution in [0.4, 0.5) is 18.9 Å². The van der Waals surface area contributed by atoms with E-state index in [0.717, 1.165) is 47.8 Å². The first kappa shape index (κ1) is 30.0. The van der Waals surface area contributed by atoms with Crippen molar-refractivity contribution in [3.63, 3.8) is 0 Å². The zero-order chi connectivity index (χ0) is 28.6. The maximum atomic E-state index is 12.7. The Morgan fingerprint density at radius 1 is 1.13 bits per heavy atom. The van der Waals surface area contributed by atoms with Crippen molar-refractivity contribution in [3.05, 3.63) is 70.4 Å². The second-order valence-corrected chi connectivity index (χ2v) is 10.3. The number of hydrogen-bond donors (Lipinski definition) is 2. The molecule has 1 saturated heterocycles. The van der Waals surface area contributed by atoms with Crippen LogP contribution < -0.4 is 15.0 Å². The summed E-state index contributed by atoms with van der Waals surface area (Å²) in [6.45, 7) is 3.64. The van der Waals surface area contributed by atoms with Crippen LogP contribution in [0.25, 0.3) is 11.1 Å². The highest BCUT2D eigenvalue weighted by Crippen LogP contribution is 2.28. The van der Waals surface area contributed by atoms with Crippen LogP contribution >= 0.6 is 11.3 Å². The van der Waals surface area contributed by atoms with E-state index in [9.17, 15) is 18.0 Å². The van der Waals surface area contributed by atoms with Crippen molar-refractivity contribution >= 4 is 28.9 Å². The van der Waals surface area contributed by atoms with Gasteiger partial charge in [-0.15, -0.1) is 11.3 Å². The van der Waals surface area contributed by atoms with Crippen molar-refractivity contribution in [2.75, 3.05) is 45.7 Å². The van der Waals surface area contributed by atoms with Crippen molar-refractivity contribution in [1.82, 2.24) is 10.2 Å². The van der Waals surface area contributed by atoms with Crippen LogP contribution in [-0.4, -0.2) is 68.9 Å². The van der Waals surface area contributed by atoms with Gasteiger partial charge in [0.25, 0.3) is 5.91 Å². The highest BCUT2D eigenvalue weighted by molar-refractivity contribution is 7.12. The van der Waals surface area contributed by atoms with E-state index in [1.54, 1.807) is 7.11 Å². The molecule has 0 bridgehead atoms. The maximum Gasteiger partial charge on any atom is 0.490 e. The van der Waals surface area contributed by atoms with E-state index >= 15 is 0 Å². The SMILES string of the molecule is COc1ccccc1CN1CCC(CNC(=O)c2cc(-c3ccc(N(C)C)cc3)cs2)C1.O=C(O)C(F)(F)F. The molecule has 1 atom stereocenters. The lowest BCUT2D eigenvalue weighted by Crippen LogP contribution is -2.30. The third kappa shape index (κ3) is 8.72. The number of amides is 1. The van der Waals surface area contributed by atoms with Crippen molar-refractivity contribution < 1.29 is 32.6 Å². The maximum absolute atomic E-state index is 12.7. The van der Waals surface area contributed by atoms with Gasteiger partial charge in [-0.2, -0.15) is 13.2 Å². The number of thiophene rings is 1. The summed E-state index contributed by atoms with van der Waals surface area (Å²) >= 11 is 1.51. The van der Waals surface area contributed by atoms with Gasteiger partial charge in [-0.1, -0.05) is 30.3 Å². The highest BCUT2D eigenvalue weighted by Gasteiger charge is 2.38. The number of carbonyl (C=O) groups is 2. The Kier molecular flexibility index (Phi) is 10.4. The standard InChI is InChI=1S/C26H31N3O2S.C2HF3O2/c1-28(2)23-10-8-20(9-11-23)22-14-25(32-18-22)26(30)27-15-19-12-13-29(16-19)17-21-6-4-5-7-24(21)31-3;3-2(4,5)1(6)7/h4-11,14,18-19H,12-13,15-17H2,1-3H3,(H,27,30);(H,6,7). The van der Waals surface area contributed by atoms with Crippen LogP contribution in [-0.2, 0) is 11.3 Å². The van der Waals surface area contributed by atoms with E-state index in [4.69, 9.17) is 14.6 Å². The number of benzene rings is 2. The van der Waals surface area contributed by atoms with E-state index in [2.05, 4.69) is 56.9 Å². The number of nitrogens with one attached hydrogen (secondary N) is 1. The van der Waals surface area contributed by atoms with Gasteiger partial charge in [-0.05, 0) is 59.7 Å². The first-order valence-corrected chi connectivity index (χ1v) is 13.1. The zero-order valence-corrected chi connectivity index (χ0v) is 22.8. The number of rotatable bonds is 8. The number of likely N-dealkylation sites (tertiary alicyclic amines) is 1. The van der Waals surface area contributed by atoms with Gasteiger partial charge in [0.15, 0.2) is 0 Å². The lowest BCUT2D eigenvalue weighted by atomic mass is 10.1. The molecule has 2 aromatic carbocycles. The van der Waals surface area contributed by atoms with Crippen LogP contribution in [0.15, 0.2) is 60.0 Å². The molecule has 3 aromatic rings. The van der Waals surface area contributed by atoms with Crippen molar-refractivity contribution in [2.45, 2.75) is 19.1 Å². The Balaban J connectivity index is 0.000000532. The predicted octanol–water partition coefficient (Wildman–Crippen LogP) is 5.37. The molecule has 210 valence electrons. The lowest BCUT2D eigenvalue weighted by molar-refractivity contribution is -0.192. The number of carboxylic acids is 1. The number of aliphatic carboxylic acids is 1. The molecule has 2 N–H and O–H groups in total. The smallest absolute Gasteiger partial charge is 0.490 e. The minimum atomic E-state index is -5.08. The molecule has 1 aliphatic rings. The summed E-state index contributed by atoms with van der Waals surface area (Å²) in [7, 11) is 5.78. The average Bonchev–Trinajstić information content (AvgIpc) is 3.58. The fraction of sp³-hybridized carbons (Fsp3) is 0.357. The lowest BCUT2D eigenvalue weighted by Gasteiger charge is -2.18. The first-order valence-electron chi connectivity index (χ1n) is 12.3. The molecular weight excluding hydrogens is 531 g/mol. The van der Waals surface area contributed by atoms with Gasteiger partial charge in [0.05, 0.1) is 12.0 Å². The molecule has 1 unspecified atom stereocenters. The summed E-state index contributed by atoms with van der Waals surface area (Å²) in [6.07, 6.45) is -3.98. The summed E-state index contributed by atoms with van der Waals surface area (Å²) in [5.74, 6) is -1.32. The molecule has 1 aliphatic heterocycles. The van der Waals surface area contributed by atoms with E-state index in [1.807, 2.05) is 32.3 Å². The van der Waals surface area contributed by atoms with Crippen LogP contribution in [0.5, 0.6) is 5.75 Å². The second-order valence-electron chi connectivity index (χ2n) is 9.36. The molecule has 0 radical (unpaired) electrons. The number of methoxy groups -OCH3 is 1. The van der Waals surface area contributed by atoms with E-state index < -0.39 is 12.1 Å². The number of halogens is 3. The molecule has 2 heterocycles. The summed E-state index contributed by atoms with van der Waals surface area (Å²) < 4.78 is 37.2. The van der Waals surface area contributed by atoms with Crippen LogP contribution in [0, 0.1) is 5.92 Å². The number of carboxylic acid groups (broad SMARTS) is 1. The third-order valence-electron chi connectivity index (χ3n) is 6.29. The van der Waals surface area contributed by atoms with E-state index in [0.29, 0.717) is 12.5 Å². The fourth-order valence-electron chi connectivity index (χ4n) is 4.18. The molecule has 4 rings (SSSR count). The van der Waals surface area contributed by atoms with Crippen LogP contribution in [0.2, 0.25) is 0 Å². The van der Waals surface area contributed by atoms with Gasteiger partial charge >= 0.3 is 12.1 Å². The number of hydrogen-bond acceptors (Lipinski definition) is 6. The summed E-state index contributed by atoms with van der Waals surface area (Å²) in [4.78, 5) is 26.9. The predicted molar refractivity (Wildman–Crippen MR) is 146 cm³/mol. The topological polar surface area (TPSA) is 82.1 Å². The fourth-order valence-corrected chi connectivity index (χ4v) is 5.01. The van der Waals surface area contributed by atoms with Gasteiger partial charge in [0.1, 0.15) is 5.75 Å². The minimum Gasteiger partial charge on any atom is -0.496 e. The summed E-state index contributed by atoms with van der Waals surface area (Å²) in [6, 6.07) is 18.6. The molecular formula is C28H32F3N3O4S. The summed E-state index contributed by atoms with van der Waals surface area (Å²) in [5, 5.41) is 12.3. The van der Waals surface area contributed by atoms with Gasteiger partial charge < -0.3 is 20.1 Å². The Bertz CT molecular complexity index is 1250. The molecule has 1 amide bonds. The Morgan fingerprint density at radius 3 is 2.41 bits per heavy atom. The molecule has 0 aliphatic carbocycles. The molecule has 1 aromatic heterocycles. The second kappa shape index (κ2) is 13.5. The number of para-hydroxylation sites is 1. The number of carbonyl (C=O) groups excluding carboxylic acids is 1. The molecule has 7 nitrogen and oxygen atoms in total. The molecule has 0 saturated carbocycles. The Labute approximate surface area is 229 Å². The van der Waals surface area contributed by atoms with Gasteiger partial charge in [0.2, 0.25) is 0 Å². The number of alkyl halides is 3. The Hall–Kier alpha value is -3.57. The summed E-state index contributed by atoms with van der Waals surface area (Å²) in [5.41, 5.74) is 4.60. The van der Waals surface area contributed by atoms with E-state index in [1.165, 1.54) is 22.6 Å². The quantitative estimate of drug-likeness (QED) is 0.383. The minimum absolute atomic E-state index is 0.0225. The monoisotopic (exact) mass is 563 g/mol. The zero-order valence-electron chi connectivity index (χ0n) is 22.0. The average molecular weight is 564 g/mol.